The minimum Gasteiger partial charge on any atom is -0.490 e. The highest BCUT2D eigenvalue weighted by molar-refractivity contribution is 9.10. The number of benzene rings is 1. The van der Waals surface area contributed by atoms with Gasteiger partial charge in [0.25, 0.3) is 0 Å². The number of hydrogen-bond donors (Lipinski definition) is 1. The van der Waals surface area contributed by atoms with Gasteiger partial charge >= 0.3 is 0 Å². The summed E-state index contributed by atoms with van der Waals surface area (Å²) in [6, 6.07) is 3.25. The summed E-state index contributed by atoms with van der Waals surface area (Å²) in [6.45, 7) is 2.42. The first-order valence-corrected chi connectivity index (χ1v) is 5.67. The van der Waals surface area contributed by atoms with Crippen LogP contribution in [0.15, 0.2) is 16.6 Å². The van der Waals surface area contributed by atoms with Crippen molar-refractivity contribution in [2.45, 2.75) is 6.92 Å². The summed E-state index contributed by atoms with van der Waals surface area (Å²) < 4.78 is 11.3. The van der Waals surface area contributed by atoms with Crippen molar-refractivity contribution in [2.24, 2.45) is 0 Å². The standard InChI is InChI=1S/C11H13BrO4/c1-2-15-10-6-8(7-14)5-9(12)11(10)16-4-3-13/h5-7,13H,2-4H2,1H3. The Morgan fingerprint density at radius 2 is 2.19 bits per heavy atom. The zero-order valence-corrected chi connectivity index (χ0v) is 10.5. The second kappa shape index (κ2) is 6.50. The van der Waals surface area contributed by atoms with Gasteiger partial charge in [0.2, 0.25) is 0 Å². The molecule has 0 fully saturated rings. The lowest BCUT2D eigenvalue weighted by Crippen LogP contribution is -2.05. The molecule has 0 heterocycles. The van der Waals surface area contributed by atoms with Crippen molar-refractivity contribution in [2.75, 3.05) is 19.8 Å². The van der Waals surface area contributed by atoms with Crippen molar-refractivity contribution in [3.8, 4) is 11.5 Å². The molecule has 0 spiro atoms. The number of hydrogen-bond acceptors (Lipinski definition) is 4. The minimum atomic E-state index is -0.0760. The van der Waals surface area contributed by atoms with Gasteiger partial charge in [-0.15, -0.1) is 0 Å². The maximum absolute atomic E-state index is 10.7. The molecule has 0 saturated carbocycles. The fourth-order valence-electron chi connectivity index (χ4n) is 1.21. The van der Waals surface area contributed by atoms with E-state index in [9.17, 15) is 4.79 Å². The number of carbonyl (C=O) groups is 1. The molecule has 0 saturated heterocycles. The lowest BCUT2D eigenvalue weighted by molar-refractivity contribution is 0.112. The van der Waals surface area contributed by atoms with Crippen molar-refractivity contribution in [3.63, 3.8) is 0 Å². The monoisotopic (exact) mass is 288 g/mol. The summed E-state index contributed by atoms with van der Waals surface area (Å²) >= 11 is 3.29. The van der Waals surface area contributed by atoms with Crippen LogP contribution in [0, 0.1) is 0 Å². The van der Waals surface area contributed by atoms with Crippen molar-refractivity contribution in [1.82, 2.24) is 0 Å². The average molecular weight is 289 g/mol. The lowest BCUT2D eigenvalue weighted by Gasteiger charge is -2.13. The molecule has 0 atom stereocenters. The Morgan fingerprint density at radius 1 is 1.44 bits per heavy atom. The molecule has 4 nitrogen and oxygen atoms in total. The molecule has 0 aliphatic rings. The lowest BCUT2D eigenvalue weighted by atomic mass is 10.2. The average Bonchev–Trinajstić information content (AvgIpc) is 2.28. The number of halogens is 1. The van der Waals surface area contributed by atoms with Gasteiger partial charge in [0.15, 0.2) is 11.5 Å². The molecule has 0 amide bonds. The zero-order valence-electron chi connectivity index (χ0n) is 8.90. The fourth-order valence-corrected chi connectivity index (χ4v) is 1.78. The van der Waals surface area contributed by atoms with E-state index in [4.69, 9.17) is 14.6 Å². The molecule has 0 aliphatic carbocycles. The van der Waals surface area contributed by atoms with Crippen molar-refractivity contribution < 1.29 is 19.4 Å². The van der Waals surface area contributed by atoms with Crippen LogP contribution in [0.5, 0.6) is 11.5 Å². The number of aliphatic hydroxyl groups is 1. The van der Waals surface area contributed by atoms with E-state index in [1.165, 1.54) is 0 Å². The first-order chi connectivity index (χ1) is 7.72. The molecule has 1 N–H and O–H groups in total. The van der Waals surface area contributed by atoms with Crippen LogP contribution in [-0.4, -0.2) is 31.2 Å². The molecular weight excluding hydrogens is 276 g/mol. The third kappa shape index (κ3) is 3.21. The smallest absolute Gasteiger partial charge is 0.175 e. The molecule has 16 heavy (non-hydrogen) atoms. The van der Waals surface area contributed by atoms with Crippen LogP contribution in [0.2, 0.25) is 0 Å². The van der Waals surface area contributed by atoms with Crippen molar-refractivity contribution in [3.05, 3.63) is 22.2 Å². The third-order valence-corrected chi connectivity index (χ3v) is 2.39. The predicted octanol–water partition coefficient (Wildman–Crippen LogP) is 2.03. The summed E-state index contributed by atoms with van der Waals surface area (Å²) in [4.78, 5) is 10.7. The Hall–Kier alpha value is -1.07. The van der Waals surface area contributed by atoms with Crippen LogP contribution in [0.4, 0.5) is 0 Å². The second-order valence-corrected chi connectivity index (χ2v) is 3.81. The van der Waals surface area contributed by atoms with Crippen LogP contribution < -0.4 is 9.47 Å². The van der Waals surface area contributed by atoms with Gasteiger partial charge < -0.3 is 14.6 Å². The van der Waals surface area contributed by atoms with E-state index in [0.717, 1.165) is 6.29 Å². The number of ether oxygens (including phenoxy) is 2. The van der Waals surface area contributed by atoms with Gasteiger partial charge in [-0.05, 0) is 35.0 Å². The molecule has 0 unspecified atom stereocenters. The maximum Gasteiger partial charge on any atom is 0.175 e. The highest BCUT2D eigenvalue weighted by Crippen LogP contribution is 2.36. The minimum absolute atomic E-state index is 0.0760. The van der Waals surface area contributed by atoms with Crippen LogP contribution in [0.25, 0.3) is 0 Å². The van der Waals surface area contributed by atoms with Gasteiger partial charge in [-0.3, -0.25) is 4.79 Å². The Bertz CT molecular complexity index is 365. The summed E-state index contributed by atoms with van der Waals surface area (Å²) in [5.74, 6) is 0.994. The Morgan fingerprint density at radius 3 is 2.75 bits per heavy atom. The van der Waals surface area contributed by atoms with E-state index in [1.54, 1.807) is 12.1 Å². The van der Waals surface area contributed by atoms with Gasteiger partial charge in [-0.2, -0.15) is 0 Å². The van der Waals surface area contributed by atoms with E-state index in [-0.39, 0.29) is 13.2 Å². The summed E-state index contributed by atoms with van der Waals surface area (Å²) in [7, 11) is 0. The fraction of sp³-hybridized carbons (Fsp3) is 0.364. The van der Waals surface area contributed by atoms with E-state index in [0.29, 0.717) is 28.1 Å². The second-order valence-electron chi connectivity index (χ2n) is 2.95. The molecular formula is C11H13BrO4. The van der Waals surface area contributed by atoms with Crippen LogP contribution in [0.3, 0.4) is 0 Å². The molecule has 1 rings (SSSR count). The summed E-state index contributed by atoms with van der Waals surface area (Å²) in [5.41, 5.74) is 0.506. The molecule has 1 aromatic rings. The van der Waals surface area contributed by atoms with Crippen molar-refractivity contribution >= 4 is 22.2 Å². The van der Waals surface area contributed by atoms with E-state index >= 15 is 0 Å². The largest absolute Gasteiger partial charge is 0.490 e. The highest BCUT2D eigenvalue weighted by atomic mass is 79.9. The van der Waals surface area contributed by atoms with Gasteiger partial charge in [0, 0.05) is 5.56 Å². The molecule has 0 radical (unpaired) electrons. The van der Waals surface area contributed by atoms with Crippen molar-refractivity contribution in [1.29, 1.82) is 0 Å². The van der Waals surface area contributed by atoms with Gasteiger partial charge in [-0.1, -0.05) is 0 Å². The highest BCUT2D eigenvalue weighted by Gasteiger charge is 2.11. The van der Waals surface area contributed by atoms with Crippen LogP contribution in [0.1, 0.15) is 17.3 Å². The number of aliphatic hydroxyl groups excluding tert-OH is 1. The van der Waals surface area contributed by atoms with E-state index < -0.39 is 0 Å². The topological polar surface area (TPSA) is 55.8 Å². The maximum atomic E-state index is 10.7. The van der Waals surface area contributed by atoms with Gasteiger partial charge in [0.05, 0.1) is 17.7 Å². The molecule has 0 aliphatic heterocycles. The third-order valence-electron chi connectivity index (χ3n) is 1.81. The Labute approximate surface area is 102 Å². The number of rotatable bonds is 6. The SMILES string of the molecule is CCOc1cc(C=O)cc(Br)c1OCCO. The molecule has 0 bridgehead atoms. The molecule has 5 heteroatoms. The first kappa shape index (κ1) is 13.0. The summed E-state index contributed by atoms with van der Waals surface area (Å²) in [5, 5.41) is 8.70. The van der Waals surface area contributed by atoms with E-state index in [2.05, 4.69) is 15.9 Å². The Kier molecular flexibility index (Phi) is 5.28. The zero-order chi connectivity index (χ0) is 12.0. The molecule has 0 aromatic heterocycles. The molecule has 88 valence electrons. The van der Waals surface area contributed by atoms with Gasteiger partial charge in [0.1, 0.15) is 12.9 Å². The Balaban J connectivity index is 3.06. The summed E-state index contributed by atoms with van der Waals surface area (Å²) in [6.07, 6.45) is 0.739. The van der Waals surface area contributed by atoms with E-state index in [1.807, 2.05) is 6.92 Å². The van der Waals surface area contributed by atoms with Crippen LogP contribution >= 0.6 is 15.9 Å². The predicted molar refractivity (Wildman–Crippen MR) is 63.3 cm³/mol. The van der Waals surface area contributed by atoms with Gasteiger partial charge in [-0.25, -0.2) is 0 Å². The first-order valence-electron chi connectivity index (χ1n) is 4.88. The molecule has 1 aromatic carbocycles. The normalized spacial score (nSPS) is 9.94. The number of carbonyl (C=O) groups excluding carboxylic acids is 1. The quantitative estimate of drug-likeness (QED) is 0.814. The number of aldehydes is 1. The van der Waals surface area contributed by atoms with Crippen LogP contribution in [-0.2, 0) is 0 Å².